The van der Waals surface area contributed by atoms with Gasteiger partial charge in [0, 0.05) is 13.1 Å². The van der Waals surface area contributed by atoms with Crippen LogP contribution in [0.1, 0.15) is 251 Å². The molecule has 0 aromatic rings. The van der Waals surface area contributed by atoms with Crippen LogP contribution in [0.5, 0.6) is 0 Å². The van der Waals surface area contributed by atoms with Crippen LogP contribution in [-0.4, -0.2) is 40.6 Å². The maximum Gasteiger partial charge on any atom is 0.316 e. The molecule has 296 valence electrons. The topological polar surface area (TPSA) is 92.7 Å². The monoisotopic (exact) mass is 705 g/mol. The molecule has 0 saturated heterocycles. The summed E-state index contributed by atoms with van der Waals surface area (Å²) in [6.07, 6.45) is 47.1. The Hall–Kier alpha value is -1.46. The third kappa shape index (κ3) is 23.2. The molecule has 1 aliphatic rings. The van der Waals surface area contributed by atoms with Gasteiger partial charge < -0.3 is 21.3 Å². The lowest BCUT2D eigenvalue weighted by Crippen LogP contribution is -2.67. The molecule has 4 N–H and O–H groups in total. The molecule has 1 fully saturated rings. The van der Waals surface area contributed by atoms with Gasteiger partial charge in [-0.3, -0.25) is 0 Å². The number of carbonyl (C=O) groups is 2. The van der Waals surface area contributed by atoms with Crippen LogP contribution >= 0.6 is 0 Å². The zero-order chi connectivity index (χ0) is 36.4. The summed E-state index contributed by atoms with van der Waals surface area (Å²) in [6, 6.07) is -0.794. The maximum absolute atomic E-state index is 12.9. The van der Waals surface area contributed by atoms with E-state index in [4.69, 9.17) is 11.5 Å². The molecule has 0 heterocycles. The number of primary amides is 2. The smallest absolute Gasteiger partial charge is 0.316 e. The summed E-state index contributed by atoms with van der Waals surface area (Å²) in [4.78, 5) is 29.5. The van der Waals surface area contributed by atoms with Crippen molar-refractivity contribution in [1.82, 2.24) is 9.80 Å². The van der Waals surface area contributed by atoms with Gasteiger partial charge in [0.05, 0.1) is 0 Å². The Morgan fingerprint density at radius 1 is 0.380 bits per heavy atom. The van der Waals surface area contributed by atoms with Gasteiger partial charge in [-0.25, -0.2) is 9.59 Å². The van der Waals surface area contributed by atoms with E-state index in [9.17, 15) is 9.59 Å². The first kappa shape index (κ1) is 46.6. The van der Waals surface area contributed by atoms with Gasteiger partial charge in [-0.05, 0) is 38.5 Å². The van der Waals surface area contributed by atoms with Crippen molar-refractivity contribution >= 4 is 12.1 Å². The first-order chi connectivity index (χ1) is 24.5. The highest BCUT2D eigenvalue weighted by Gasteiger charge is 2.46. The molecule has 1 saturated carbocycles. The Morgan fingerprint density at radius 2 is 0.600 bits per heavy atom. The van der Waals surface area contributed by atoms with E-state index in [2.05, 4.69) is 13.8 Å². The number of urea groups is 2. The molecule has 0 spiro atoms. The van der Waals surface area contributed by atoms with Crippen LogP contribution in [0, 0.1) is 0 Å². The molecule has 0 bridgehead atoms. The second-order valence-electron chi connectivity index (χ2n) is 16.1. The van der Waals surface area contributed by atoms with Gasteiger partial charge in [-0.1, -0.05) is 213 Å². The molecule has 0 radical (unpaired) electrons. The first-order valence-corrected chi connectivity index (χ1v) is 22.6. The SMILES string of the molecule is CCCCCCCCCCCCCCCCCCN(C(N)=O)C1(N(CCCCCCCCCCCCCCCCCC)C(N)=O)CCCCC1. The predicted octanol–water partition coefficient (Wildman–Crippen LogP) is 13.9. The van der Waals surface area contributed by atoms with Gasteiger partial charge in [0.25, 0.3) is 0 Å². The molecule has 0 atom stereocenters. The largest absolute Gasteiger partial charge is 0.351 e. The van der Waals surface area contributed by atoms with E-state index in [-0.39, 0.29) is 0 Å². The standard InChI is InChI=1S/C44H88N4O2/c1-3-5-7-9-11-13-15-17-19-21-23-25-27-29-31-36-40-47(42(45)49)44(38-34-33-35-39-44)48(43(46)50)41-37-32-30-28-26-24-22-20-18-16-14-12-10-8-6-4-2/h3-41H2,1-2H3,(H2,45,49)(H2,46,50). The van der Waals surface area contributed by atoms with Gasteiger partial charge in [-0.2, -0.15) is 0 Å². The molecular formula is C44H88N4O2. The summed E-state index contributed by atoms with van der Waals surface area (Å²) in [5, 5.41) is 0. The molecule has 1 rings (SSSR count). The fourth-order valence-corrected chi connectivity index (χ4v) is 8.49. The van der Waals surface area contributed by atoms with Crippen molar-refractivity contribution in [2.75, 3.05) is 13.1 Å². The summed E-state index contributed by atoms with van der Waals surface area (Å²) in [7, 11) is 0. The second-order valence-corrected chi connectivity index (χ2v) is 16.1. The molecular weight excluding hydrogens is 617 g/mol. The van der Waals surface area contributed by atoms with E-state index in [0.29, 0.717) is 13.1 Å². The zero-order valence-corrected chi connectivity index (χ0v) is 33.9. The van der Waals surface area contributed by atoms with Gasteiger partial charge in [0.2, 0.25) is 0 Å². The lowest BCUT2D eigenvalue weighted by Gasteiger charge is -2.52. The number of unbranched alkanes of at least 4 members (excludes halogenated alkanes) is 30. The van der Waals surface area contributed by atoms with Crippen molar-refractivity contribution in [3.63, 3.8) is 0 Å². The number of hydrogen-bond acceptors (Lipinski definition) is 2. The fourth-order valence-electron chi connectivity index (χ4n) is 8.49. The Balaban J connectivity index is 2.28. The van der Waals surface area contributed by atoms with Gasteiger partial charge in [0.15, 0.2) is 0 Å². The summed E-state index contributed by atoms with van der Waals surface area (Å²) in [5.74, 6) is 0. The number of amides is 4. The summed E-state index contributed by atoms with van der Waals surface area (Å²) < 4.78 is 0. The molecule has 6 nitrogen and oxygen atoms in total. The highest BCUT2D eigenvalue weighted by Crippen LogP contribution is 2.37. The van der Waals surface area contributed by atoms with Gasteiger partial charge >= 0.3 is 12.1 Å². The van der Waals surface area contributed by atoms with Crippen LogP contribution in [0.3, 0.4) is 0 Å². The normalized spacial score (nSPS) is 14.2. The minimum absolute atomic E-state index is 0.397. The Labute approximate surface area is 312 Å². The summed E-state index contributed by atoms with van der Waals surface area (Å²) in [5.41, 5.74) is 11.5. The van der Waals surface area contributed by atoms with Crippen LogP contribution in [-0.2, 0) is 0 Å². The van der Waals surface area contributed by atoms with E-state index >= 15 is 0 Å². The van der Waals surface area contributed by atoms with Crippen molar-refractivity contribution in [3.05, 3.63) is 0 Å². The number of nitrogens with two attached hydrogens (primary N) is 2. The lowest BCUT2D eigenvalue weighted by molar-refractivity contribution is -0.0317. The molecule has 50 heavy (non-hydrogen) atoms. The third-order valence-electron chi connectivity index (χ3n) is 11.7. The van der Waals surface area contributed by atoms with E-state index in [1.165, 1.54) is 180 Å². The van der Waals surface area contributed by atoms with Crippen LogP contribution in [0.2, 0.25) is 0 Å². The Kier molecular flexibility index (Phi) is 31.1. The van der Waals surface area contributed by atoms with Crippen molar-refractivity contribution in [1.29, 1.82) is 0 Å². The van der Waals surface area contributed by atoms with Gasteiger partial charge in [-0.15, -0.1) is 0 Å². The molecule has 0 aromatic heterocycles. The Morgan fingerprint density at radius 3 is 0.820 bits per heavy atom. The van der Waals surface area contributed by atoms with Gasteiger partial charge in [0.1, 0.15) is 5.66 Å². The number of carbonyl (C=O) groups excluding carboxylic acids is 2. The average Bonchev–Trinajstić information content (AvgIpc) is 3.11. The quantitative estimate of drug-likeness (QED) is 0.0502. The van der Waals surface area contributed by atoms with Crippen molar-refractivity contribution < 1.29 is 9.59 Å². The maximum atomic E-state index is 12.9. The minimum Gasteiger partial charge on any atom is -0.351 e. The number of nitrogens with zero attached hydrogens (tertiary/aromatic N) is 2. The third-order valence-corrected chi connectivity index (χ3v) is 11.7. The molecule has 1 aliphatic carbocycles. The van der Waals surface area contributed by atoms with Crippen LogP contribution in [0.15, 0.2) is 0 Å². The summed E-state index contributed by atoms with van der Waals surface area (Å²) >= 11 is 0. The van der Waals surface area contributed by atoms with E-state index < -0.39 is 17.7 Å². The minimum atomic E-state index is -0.652. The molecule has 0 aromatic carbocycles. The first-order valence-electron chi connectivity index (χ1n) is 22.6. The summed E-state index contributed by atoms with van der Waals surface area (Å²) in [6.45, 7) is 5.81. The van der Waals surface area contributed by atoms with Crippen molar-refractivity contribution in [2.24, 2.45) is 11.5 Å². The number of rotatable bonds is 36. The van der Waals surface area contributed by atoms with E-state index in [1.807, 2.05) is 9.80 Å². The molecule has 0 aliphatic heterocycles. The van der Waals surface area contributed by atoms with Crippen LogP contribution in [0.25, 0.3) is 0 Å². The Bertz CT molecular complexity index is 713. The van der Waals surface area contributed by atoms with Crippen molar-refractivity contribution in [2.45, 2.75) is 257 Å². The molecule has 0 unspecified atom stereocenters. The number of hydrogen-bond donors (Lipinski definition) is 2. The van der Waals surface area contributed by atoms with Crippen LogP contribution < -0.4 is 11.5 Å². The van der Waals surface area contributed by atoms with E-state index in [0.717, 1.165) is 57.8 Å². The fraction of sp³-hybridized carbons (Fsp3) is 0.955. The average molecular weight is 705 g/mol. The lowest BCUT2D eigenvalue weighted by atomic mass is 9.85. The molecule has 6 heteroatoms. The van der Waals surface area contributed by atoms with Crippen molar-refractivity contribution in [3.8, 4) is 0 Å². The zero-order valence-electron chi connectivity index (χ0n) is 33.9. The highest BCUT2D eigenvalue weighted by atomic mass is 16.2. The van der Waals surface area contributed by atoms with Crippen LogP contribution in [0.4, 0.5) is 9.59 Å². The highest BCUT2D eigenvalue weighted by molar-refractivity contribution is 5.76. The second kappa shape index (κ2) is 33.4. The van der Waals surface area contributed by atoms with E-state index in [1.54, 1.807) is 0 Å². The molecule has 4 amide bonds. The predicted molar refractivity (Wildman–Crippen MR) is 217 cm³/mol.